The molecule has 0 radical (unpaired) electrons. The van der Waals surface area contributed by atoms with E-state index in [-0.39, 0.29) is 23.2 Å². The molecule has 6 heteroatoms. The monoisotopic (exact) mass is 369 g/mol. The number of nitrogens with zero attached hydrogens (tertiary/aromatic N) is 3. The van der Waals surface area contributed by atoms with Gasteiger partial charge in [-0.05, 0) is 37.1 Å². The van der Waals surface area contributed by atoms with Crippen molar-refractivity contribution in [3.8, 4) is 0 Å². The van der Waals surface area contributed by atoms with Gasteiger partial charge >= 0.3 is 0 Å². The van der Waals surface area contributed by atoms with E-state index in [9.17, 15) is 14.0 Å². The van der Waals surface area contributed by atoms with Crippen LogP contribution in [0.4, 0.5) is 10.1 Å². The maximum absolute atomic E-state index is 13.7. The number of halogens is 1. The van der Waals surface area contributed by atoms with Gasteiger partial charge in [0.2, 0.25) is 5.91 Å². The summed E-state index contributed by atoms with van der Waals surface area (Å²) >= 11 is 0. The van der Waals surface area contributed by atoms with Crippen LogP contribution in [-0.4, -0.2) is 28.5 Å². The van der Waals surface area contributed by atoms with E-state index < -0.39 is 0 Å². The first-order valence-corrected chi connectivity index (χ1v) is 9.31. The summed E-state index contributed by atoms with van der Waals surface area (Å²) in [4.78, 5) is 28.7. The zero-order valence-electron chi connectivity index (χ0n) is 16.0. The molecule has 0 N–H and O–H groups in total. The predicted molar refractivity (Wildman–Crippen MR) is 102 cm³/mol. The molecule has 2 aliphatic heterocycles. The van der Waals surface area contributed by atoms with Crippen LogP contribution in [0.25, 0.3) is 0 Å². The molecule has 1 fully saturated rings. The smallest absolute Gasteiger partial charge is 0.250 e. The first-order valence-electron chi connectivity index (χ1n) is 9.31. The average molecular weight is 369 g/mol. The highest BCUT2D eigenvalue weighted by Crippen LogP contribution is 2.32. The van der Waals surface area contributed by atoms with Gasteiger partial charge in [0.05, 0.1) is 6.54 Å². The van der Waals surface area contributed by atoms with E-state index in [4.69, 9.17) is 0 Å². The highest BCUT2D eigenvalue weighted by atomic mass is 19.1. The lowest BCUT2D eigenvalue weighted by Crippen LogP contribution is -2.49. The second-order valence-electron chi connectivity index (χ2n) is 7.76. The molecule has 0 saturated carbocycles. The van der Waals surface area contributed by atoms with Gasteiger partial charge in [-0.1, -0.05) is 6.07 Å². The van der Waals surface area contributed by atoms with E-state index in [1.54, 1.807) is 30.7 Å². The Morgan fingerprint density at radius 2 is 1.96 bits per heavy atom. The average Bonchev–Trinajstić information content (AvgIpc) is 3.05. The van der Waals surface area contributed by atoms with Crippen molar-refractivity contribution < 1.29 is 9.18 Å². The molecule has 1 aromatic heterocycles. The summed E-state index contributed by atoms with van der Waals surface area (Å²) < 4.78 is 15.4. The van der Waals surface area contributed by atoms with E-state index in [2.05, 4.69) is 4.90 Å². The van der Waals surface area contributed by atoms with Gasteiger partial charge in [-0.2, -0.15) is 0 Å². The summed E-state index contributed by atoms with van der Waals surface area (Å²) in [5.74, 6) is 0.218. The molecule has 0 aliphatic carbocycles. The minimum Gasteiger partial charge on any atom is -0.371 e. The molecule has 3 heterocycles. The van der Waals surface area contributed by atoms with Crippen molar-refractivity contribution in [2.45, 2.75) is 33.4 Å². The van der Waals surface area contributed by atoms with Crippen LogP contribution in [-0.2, 0) is 24.9 Å². The van der Waals surface area contributed by atoms with Crippen molar-refractivity contribution in [2.24, 2.45) is 13.0 Å². The standard InChI is InChI=1S/C21H24FN3O2/c1-13-7-20(26)23(3)19-12-25(11-16(13)19)21(27)8-15-9-24(10-15)18-6-4-5-17(22)14(18)2/h4-7,15H,8-12H2,1-3H3. The Labute approximate surface area is 158 Å². The summed E-state index contributed by atoms with van der Waals surface area (Å²) in [5, 5.41) is 0. The van der Waals surface area contributed by atoms with Crippen LogP contribution in [0.1, 0.15) is 28.8 Å². The lowest BCUT2D eigenvalue weighted by Gasteiger charge is -2.42. The minimum absolute atomic E-state index is 0.0272. The Morgan fingerprint density at radius 1 is 1.22 bits per heavy atom. The number of carbonyl (C=O) groups is 1. The van der Waals surface area contributed by atoms with Gasteiger partial charge in [0, 0.05) is 62.0 Å². The summed E-state index contributed by atoms with van der Waals surface area (Å²) in [6.45, 7) is 6.34. The first-order chi connectivity index (χ1) is 12.8. The maximum atomic E-state index is 13.7. The number of fused-ring (bicyclic) bond motifs is 1. The molecule has 0 bridgehead atoms. The Balaban J connectivity index is 1.38. The Kier molecular flexibility index (Phi) is 4.29. The van der Waals surface area contributed by atoms with E-state index in [0.717, 1.165) is 35.6 Å². The molecule has 0 atom stereocenters. The normalized spacial score (nSPS) is 16.4. The Hall–Kier alpha value is -2.63. The van der Waals surface area contributed by atoms with Gasteiger partial charge in [-0.25, -0.2) is 4.39 Å². The van der Waals surface area contributed by atoms with Crippen molar-refractivity contribution in [2.75, 3.05) is 18.0 Å². The molecule has 27 heavy (non-hydrogen) atoms. The topological polar surface area (TPSA) is 45.6 Å². The fraction of sp³-hybridized carbons (Fsp3) is 0.429. The zero-order valence-corrected chi connectivity index (χ0v) is 16.0. The predicted octanol–water partition coefficient (Wildman–Crippen LogP) is 2.51. The SMILES string of the molecule is Cc1cc(=O)n(C)c2c1CN(C(=O)CC1CN(c3cccc(F)c3C)C1)C2. The molecule has 4 rings (SSSR count). The van der Waals surface area contributed by atoms with Crippen LogP contribution in [0, 0.1) is 25.6 Å². The molecule has 1 aromatic carbocycles. The number of hydrogen-bond acceptors (Lipinski definition) is 3. The van der Waals surface area contributed by atoms with Crippen molar-refractivity contribution in [3.05, 3.63) is 62.8 Å². The van der Waals surface area contributed by atoms with Gasteiger partial charge in [-0.15, -0.1) is 0 Å². The van der Waals surface area contributed by atoms with Crippen LogP contribution in [0.5, 0.6) is 0 Å². The van der Waals surface area contributed by atoms with Gasteiger partial charge in [0.15, 0.2) is 0 Å². The zero-order chi connectivity index (χ0) is 19.3. The lowest BCUT2D eigenvalue weighted by atomic mass is 9.94. The van der Waals surface area contributed by atoms with Crippen LogP contribution in [0.2, 0.25) is 0 Å². The molecule has 2 aromatic rings. The molecular formula is C21H24FN3O2. The number of benzene rings is 1. The number of pyridine rings is 1. The molecule has 0 unspecified atom stereocenters. The fourth-order valence-electron chi connectivity index (χ4n) is 4.16. The summed E-state index contributed by atoms with van der Waals surface area (Å²) in [5.41, 5.74) is 4.54. The summed E-state index contributed by atoms with van der Waals surface area (Å²) in [6, 6.07) is 6.76. The molecule has 2 aliphatic rings. The molecule has 0 spiro atoms. The van der Waals surface area contributed by atoms with Crippen molar-refractivity contribution >= 4 is 11.6 Å². The molecule has 1 saturated heterocycles. The van der Waals surface area contributed by atoms with E-state index in [1.807, 2.05) is 17.9 Å². The number of aromatic nitrogens is 1. The van der Waals surface area contributed by atoms with Crippen LogP contribution in [0.3, 0.4) is 0 Å². The number of anilines is 1. The van der Waals surface area contributed by atoms with E-state index in [0.29, 0.717) is 25.1 Å². The number of hydrogen-bond donors (Lipinski definition) is 0. The van der Waals surface area contributed by atoms with Gasteiger partial charge < -0.3 is 14.4 Å². The van der Waals surface area contributed by atoms with Crippen molar-refractivity contribution in [1.82, 2.24) is 9.47 Å². The number of carbonyl (C=O) groups excluding carboxylic acids is 1. The molecular weight excluding hydrogens is 345 g/mol. The largest absolute Gasteiger partial charge is 0.371 e. The maximum Gasteiger partial charge on any atom is 0.250 e. The van der Waals surface area contributed by atoms with Crippen LogP contribution < -0.4 is 10.5 Å². The molecule has 1 amide bonds. The van der Waals surface area contributed by atoms with Crippen LogP contribution >= 0.6 is 0 Å². The summed E-state index contributed by atoms with van der Waals surface area (Å²) in [6.07, 6.45) is 0.492. The highest BCUT2D eigenvalue weighted by Gasteiger charge is 2.33. The Bertz CT molecular complexity index is 976. The van der Waals surface area contributed by atoms with Crippen LogP contribution in [0.15, 0.2) is 29.1 Å². The van der Waals surface area contributed by atoms with Gasteiger partial charge in [-0.3, -0.25) is 9.59 Å². The second kappa shape index (κ2) is 6.51. The van der Waals surface area contributed by atoms with Gasteiger partial charge in [0.25, 0.3) is 5.56 Å². The number of aryl methyl sites for hydroxylation is 1. The molecule has 142 valence electrons. The van der Waals surface area contributed by atoms with Crippen molar-refractivity contribution in [3.63, 3.8) is 0 Å². The third kappa shape index (κ3) is 3.03. The number of rotatable bonds is 3. The fourth-order valence-corrected chi connectivity index (χ4v) is 4.16. The third-order valence-corrected chi connectivity index (χ3v) is 5.94. The second-order valence-corrected chi connectivity index (χ2v) is 7.76. The third-order valence-electron chi connectivity index (χ3n) is 5.94. The van der Waals surface area contributed by atoms with E-state index in [1.165, 1.54) is 6.07 Å². The van der Waals surface area contributed by atoms with E-state index >= 15 is 0 Å². The Morgan fingerprint density at radius 3 is 2.70 bits per heavy atom. The minimum atomic E-state index is -0.192. The van der Waals surface area contributed by atoms with Crippen molar-refractivity contribution in [1.29, 1.82) is 0 Å². The number of amides is 1. The van der Waals surface area contributed by atoms with Gasteiger partial charge in [0.1, 0.15) is 5.82 Å². The highest BCUT2D eigenvalue weighted by molar-refractivity contribution is 5.77. The quantitative estimate of drug-likeness (QED) is 0.835. The molecule has 5 nitrogen and oxygen atoms in total. The first kappa shape index (κ1) is 17.8. The lowest BCUT2D eigenvalue weighted by molar-refractivity contribution is -0.133. The summed E-state index contributed by atoms with van der Waals surface area (Å²) in [7, 11) is 1.76.